The van der Waals surface area contributed by atoms with Gasteiger partial charge in [0.05, 0.1) is 0 Å². The van der Waals surface area contributed by atoms with Crippen LogP contribution in [0.2, 0.25) is 0 Å². The van der Waals surface area contributed by atoms with Gasteiger partial charge in [0.2, 0.25) is 0 Å². The van der Waals surface area contributed by atoms with Crippen LogP contribution in [0.1, 0.15) is 30.9 Å². The lowest BCUT2D eigenvalue weighted by Crippen LogP contribution is -2.31. The van der Waals surface area contributed by atoms with Crippen LogP contribution >= 0.6 is 0 Å². The first kappa shape index (κ1) is 11.3. The minimum atomic E-state index is 1.16. The number of fused-ring (bicyclic) bond motifs is 3. The van der Waals surface area contributed by atoms with Crippen molar-refractivity contribution in [3.63, 3.8) is 0 Å². The van der Waals surface area contributed by atoms with Crippen molar-refractivity contribution in [3.8, 4) is 0 Å². The van der Waals surface area contributed by atoms with Crippen molar-refractivity contribution in [2.45, 2.75) is 26.7 Å². The average Bonchev–Trinajstić information content (AvgIpc) is 2.43. The molecule has 0 N–H and O–H groups in total. The molecule has 0 atom stereocenters. The summed E-state index contributed by atoms with van der Waals surface area (Å²) in [5.41, 5.74) is 2.79. The van der Waals surface area contributed by atoms with Crippen LogP contribution in [0.3, 0.4) is 0 Å². The number of hydrogen-bond acceptors (Lipinski definition) is 0. The van der Waals surface area contributed by atoms with Gasteiger partial charge in [0, 0.05) is 0 Å². The largest absolute Gasteiger partial charge is 0.0870 e. The predicted molar refractivity (Wildman–Crippen MR) is 80.8 cm³/mol. The number of benzene rings is 2. The van der Waals surface area contributed by atoms with Crippen molar-refractivity contribution in [2.75, 3.05) is 0 Å². The van der Waals surface area contributed by atoms with E-state index in [0.717, 1.165) is 12.8 Å². The molecule has 1 aliphatic carbocycles. The fourth-order valence-corrected chi connectivity index (χ4v) is 2.96. The Morgan fingerprint density at radius 2 is 1.61 bits per heavy atom. The van der Waals surface area contributed by atoms with Crippen molar-refractivity contribution in [1.29, 1.82) is 0 Å². The second kappa shape index (κ2) is 4.45. The van der Waals surface area contributed by atoms with Gasteiger partial charge in [-0.1, -0.05) is 48.6 Å². The van der Waals surface area contributed by atoms with Crippen LogP contribution in [0.4, 0.5) is 0 Å². The molecule has 1 aliphatic rings. The summed E-state index contributed by atoms with van der Waals surface area (Å²) in [5.74, 6) is 0. The van der Waals surface area contributed by atoms with E-state index in [-0.39, 0.29) is 0 Å². The van der Waals surface area contributed by atoms with Crippen LogP contribution in [-0.4, -0.2) is 0 Å². The Labute approximate surface area is 108 Å². The van der Waals surface area contributed by atoms with Crippen LogP contribution in [0.25, 0.3) is 29.0 Å². The maximum atomic E-state index is 2.39. The second-order valence-electron chi connectivity index (χ2n) is 4.90. The molecule has 0 spiro atoms. The highest BCUT2D eigenvalue weighted by atomic mass is 14.1. The van der Waals surface area contributed by atoms with Crippen LogP contribution in [0.5, 0.6) is 0 Å². The summed E-state index contributed by atoms with van der Waals surface area (Å²) >= 11 is 0. The summed E-state index contributed by atoms with van der Waals surface area (Å²) in [4.78, 5) is 0. The van der Waals surface area contributed by atoms with Gasteiger partial charge in [0.25, 0.3) is 0 Å². The van der Waals surface area contributed by atoms with Crippen LogP contribution in [-0.2, 0) is 0 Å². The van der Waals surface area contributed by atoms with Gasteiger partial charge < -0.3 is 0 Å². The molecule has 0 saturated heterocycles. The molecule has 0 amide bonds. The first-order valence-corrected chi connectivity index (χ1v) is 6.67. The number of aryl methyl sites for hydroxylation is 1. The molecule has 0 heterocycles. The molecule has 0 saturated carbocycles. The van der Waals surface area contributed by atoms with Gasteiger partial charge in [-0.05, 0) is 59.0 Å². The Morgan fingerprint density at radius 1 is 0.944 bits per heavy atom. The first-order valence-electron chi connectivity index (χ1n) is 6.67. The molecule has 0 aliphatic heterocycles. The standard InChI is InChI=1S/C18H18/c1-3-8-14-13(2)15-9-4-5-11-17(15)18-12-7-6-10-16(14)18/h3-5,8-12H,6-7H2,1-2H3/b8-3-. The molecular weight excluding hydrogens is 216 g/mol. The van der Waals surface area contributed by atoms with Crippen molar-refractivity contribution in [2.24, 2.45) is 0 Å². The van der Waals surface area contributed by atoms with Crippen molar-refractivity contribution in [3.05, 3.63) is 51.9 Å². The van der Waals surface area contributed by atoms with Crippen molar-refractivity contribution < 1.29 is 0 Å². The highest BCUT2D eigenvalue weighted by Gasteiger charge is 2.07. The first-order chi connectivity index (χ1) is 8.83. The van der Waals surface area contributed by atoms with Crippen molar-refractivity contribution in [1.82, 2.24) is 0 Å². The molecule has 2 aromatic rings. The Balaban J connectivity index is 2.61. The number of hydrogen-bond donors (Lipinski definition) is 0. The highest BCUT2D eigenvalue weighted by Crippen LogP contribution is 2.18. The molecule has 18 heavy (non-hydrogen) atoms. The van der Waals surface area contributed by atoms with Gasteiger partial charge in [-0.15, -0.1) is 0 Å². The van der Waals surface area contributed by atoms with E-state index in [1.807, 2.05) is 0 Å². The Kier molecular flexibility index (Phi) is 2.79. The molecule has 0 aromatic heterocycles. The van der Waals surface area contributed by atoms with E-state index in [0.29, 0.717) is 0 Å². The van der Waals surface area contributed by atoms with E-state index < -0.39 is 0 Å². The van der Waals surface area contributed by atoms with Gasteiger partial charge in [0.1, 0.15) is 0 Å². The molecule has 0 nitrogen and oxygen atoms in total. The lowest BCUT2D eigenvalue weighted by Gasteiger charge is -2.12. The summed E-state index contributed by atoms with van der Waals surface area (Å²) in [5, 5.41) is 5.64. The number of rotatable bonds is 1. The maximum absolute atomic E-state index is 2.39. The van der Waals surface area contributed by atoms with E-state index in [2.05, 4.69) is 62.4 Å². The third-order valence-electron chi connectivity index (χ3n) is 3.80. The van der Waals surface area contributed by atoms with Crippen LogP contribution in [0, 0.1) is 6.92 Å². The van der Waals surface area contributed by atoms with E-state index in [4.69, 9.17) is 0 Å². The van der Waals surface area contributed by atoms with E-state index >= 15 is 0 Å². The number of allylic oxidation sites excluding steroid dienone is 1. The van der Waals surface area contributed by atoms with E-state index in [1.165, 1.54) is 32.3 Å². The summed E-state index contributed by atoms with van der Waals surface area (Å²) in [6.45, 7) is 4.33. The van der Waals surface area contributed by atoms with E-state index in [9.17, 15) is 0 Å². The fourth-order valence-electron chi connectivity index (χ4n) is 2.96. The fraction of sp³-hybridized carbons (Fsp3) is 0.222. The monoisotopic (exact) mass is 234 g/mol. The summed E-state index contributed by atoms with van der Waals surface area (Å²) in [6.07, 6.45) is 11.5. The molecule has 2 aromatic carbocycles. The zero-order valence-corrected chi connectivity index (χ0v) is 11.0. The zero-order valence-electron chi connectivity index (χ0n) is 11.0. The van der Waals surface area contributed by atoms with Gasteiger partial charge >= 0.3 is 0 Å². The SMILES string of the molecule is C/C=C\c1c(C)c2ccccc2c2c1=CCCC=2. The molecule has 3 rings (SSSR count). The summed E-state index contributed by atoms with van der Waals surface area (Å²) in [7, 11) is 0. The molecule has 0 unspecified atom stereocenters. The normalized spacial score (nSPS) is 14.3. The average molecular weight is 234 g/mol. The zero-order chi connectivity index (χ0) is 12.5. The predicted octanol–water partition coefficient (Wildman–Crippen LogP) is 3.54. The summed E-state index contributed by atoms with van der Waals surface area (Å²) in [6, 6.07) is 8.75. The third kappa shape index (κ3) is 1.60. The van der Waals surface area contributed by atoms with E-state index in [1.54, 1.807) is 0 Å². The van der Waals surface area contributed by atoms with Gasteiger partial charge in [-0.2, -0.15) is 0 Å². The Morgan fingerprint density at radius 3 is 2.33 bits per heavy atom. The lowest BCUT2D eigenvalue weighted by atomic mass is 9.92. The maximum Gasteiger partial charge on any atom is -0.0106 e. The molecule has 90 valence electrons. The minimum Gasteiger partial charge on any atom is -0.0870 e. The topological polar surface area (TPSA) is 0 Å². The highest BCUT2D eigenvalue weighted by molar-refractivity contribution is 5.90. The Bertz CT molecular complexity index is 746. The minimum absolute atomic E-state index is 1.16. The molecule has 0 bridgehead atoms. The quantitative estimate of drug-likeness (QED) is 0.708. The second-order valence-corrected chi connectivity index (χ2v) is 4.90. The smallest absolute Gasteiger partial charge is 0.0106 e. The lowest BCUT2D eigenvalue weighted by molar-refractivity contribution is 1.12. The van der Waals surface area contributed by atoms with Crippen molar-refractivity contribution >= 4 is 29.0 Å². The molecular formula is C18H18. The molecule has 0 fully saturated rings. The van der Waals surface area contributed by atoms with Gasteiger partial charge in [-0.3, -0.25) is 0 Å². The van der Waals surface area contributed by atoms with Crippen LogP contribution in [0.15, 0.2) is 30.3 Å². The van der Waals surface area contributed by atoms with Crippen LogP contribution < -0.4 is 10.4 Å². The van der Waals surface area contributed by atoms with Gasteiger partial charge in [0.15, 0.2) is 0 Å². The Hall–Kier alpha value is -1.82. The molecule has 0 radical (unpaired) electrons. The molecule has 0 heteroatoms. The van der Waals surface area contributed by atoms with Gasteiger partial charge in [-0.25, -0.2) is 0 Å². The summed E-state index contributed by atoms with van der Waals surface area (Å²) < 4.78 is 0. The third-order valence-corrected chi connectivity index (χ3v) is 3.80.